The Morgan fingerprint density at radius 3 is 2.49 bits per heavy atom. The van der Waals surface area contributed by atoms with Crippen molar-refractivity contribution in [2.24, 2.45) is 0 Å². The molecule has 49 heavy (non-hydrogen) atoms. The summed E-state index contributed by atoms with van der Waals surface area (Å²) >= 11 is 0. The number of ether oxygens (including phenoxy) is 2. The summed E-state index contributed by atoms with van der Waals surface area (Å²) < 4.78 is 53.3. The summed E-state index contributed by atoms with van der Waals surface area (Å²) in [6.45, 7) is 5.21. The van der Waals surface area contributed by atoms with Crippen LogP contribution in [0.25, 0.3) is 11.2 Å². The number of aliphatic hydroxyl groups excluding tert-OH is 1. The molecule has 13 nitrogen and oxygen atoms in total. The van der Waals surface area contributed by atoms with Crippen molar-refractivity contribution in [1.82, 2.24) is 24.6 Å². The number of halogens is 1. The van der Waals surface area contributed by atoms with Crippen LogP contribution in [-0.4, -0.2) is 61.1 Å². The lowest BCUT2D eigenvalue weighted by Gasteiger charge is -2.30. The van der Waals surface area contributed by atoms with E-state index in [1.54, 1.807) is 30.3 Å². The Labute approximate surface area is 287 Å². The smallest absolute Gasteiger partial charge is 0.459 e. The molecule has 1 aliphatic rings. The number of hydrogen-bond acceptors (Lipinski definition) is 11. The van der Waals surface area contributed by atoms with E-state index in [1.807, 2.05) is 0 Å². The Bertz CT molecular complexity index is 1590. The zero-order valence-corrected chi connectivity index (χ0v) is 29.3. The topological polar surface area (TPSA) is 173 Å². The number of nitrogens with zero attached hydrogens (tertiary/aromatic N) is 4. The van der Waals surface area contributed by atoms with Crippen LogP contribution in [0.15, 0.2) is 36.7 Å². The van der Waals surface area contributed by atoms with Crippen molar-refractivity contribution in [1.29, 1.82) is 0 Å². The molecule has 1 saturated heterocycles. The molecule has 0 radical (unpaired) electrons. The highest BCUT2D eigenvalue weighted by Crippen LogP contribution is 2.48. The Kier molecular flexibility index (Phi) is 13.9. The minimum Gasteiger partial charge on any atom is -0.461 e. The van der Waals surface area contributed by atoms with E-state index in [-0.39, 0.29) is 35.3 Å². The fraction of sp³-hybridized carbons (Fsp3) is 0.588. The van der Waals surface area contributed by atoms with Crippen LogP contribution in [0.4, 0.5) is 10.2 Å². The van der Waals surface area contributed by atoms with Crippen molar-refractivity contribution in [3.05, 3.63) is 42.7 Å². The van der Waals surface area contributed by atoms with E-state index in [2.05, 4.69) is 39.8 Å². The SMILES string of the molecule is C#C[C@]1(COP(=O)(N[C@@H](C)C(=O)OC(CCCCCC)CCCCCC)Oc2ccccc2)O[C@@H](n2cnc3c(N)nc(F)nc32)C[C@@H]1O. The van der Waals surface area contributed by atoms with Gasteiger partial charge in [-0.3, -0.25) is 13.9 Å². The first-order valence-corrected chi connectivity index (χ1v) is 18.5. The molecule has 15 heteroatoms. The molecule has 4 rings (SSSR count). The first-order valence-electron chi connectivity index (χ1n) is 17.0. The third kappa shape index (κ3) is 10.2. The molecule has 1 aromatic carbocycles. The van der Waals surface area contributed by atoms with E-state index in [4.69, 9.17) is 30.7 Å². The van der Waals surface area contributed by atoms with Gasteiger partial charge in [0, 0.05) is 6.42 Å². The highest BCUT2D eigenvalue weighted by Gasteiger charge is 2.50. The lowest BCUT2D eigenvalue weighted by molar-refractivity contribution is -0.151. The number of nitrogen functional groups attached to an aromatic ring is 1. The average molecular weight is 703 g/mol. The number of esters is 1. The Morgan fingerprint density at radius 2 is 1.86 bits per heavy atom. The molecular formula is C34H48FN6O7P. The number of fused-ring (bicyclic) bond motifs is 1. The van der Waals surface area contributed by atoms with E-state index in [0.717, 1.165) is 64.2 Å². The number of nitrogens with two attached hydrogens (primary N) is 1. The number of unbranched alkanes of at least 4 members (excludes halogenated alkanes) is 6. The Balaban J connectivity index is 1.49. The number of aliphatic hydroxyl groups is 1. The maximum Gasteiger partial charge on any atom is 0.459 e. The zero-order chi connectivity index (χ0) is 35.4. The van der Waals surface area contributed by atoms with Crippen molar-refractivity contribution in [3.8, 4) is 18.1 Å². The molecule has 0 spiro atoms. The second-order valence-electron chi connectivity index (χ2n) is 12.3. The third-order valence-corrected chi connectivity index (χ3v) is 10.1. The molecule has 3 aromatic rings. The molecule has 1 fully saturated rings. The maximum absolute atomic E-state index is 14.3. The van der Waals surface area contributed by atoms with Gasteiger partial charge in [0.1, 0.15) is 36.8 Å². The quantitative estimate of drug-likeness (QED) is 0.0399. The van der Waals surface area contributed by atoms with E-state index in [0.29, 0.717) is 0 Å². The molecule has 0 saturated carbocycles. The van der Waals surface area contributed by atoms with Gasteiger partial charge in [0.2, 0.25) is 0 Å². The van der Waals surface area contributed by atoms with Gasteiger partial charge in [0.15, 0.2) is 22.6 Å². The number of hydrogen-bond donors (Lipinski definition) is 3. The summed E-state index contributed by atoms with van der Waals surface area (Å²) in [6, 6.07) is 7.19. The third-order valence-electron chi connectivity index (χ3n) is 8.45. The number of carbonyl (C=O) groups is 1. The molecule has 5 atom stereocenters. The largest absolute Gasteiger partial charge is 0.461 e. The fourth-order valence-corrected chi connectivity index (χ4v) is 7.17. The van der Waals surface area contributed by atoms with Gasteiger partial charge < -0.3 is 24.8 Å². The number of rotatable bonds is 20. The molecule has 268 valence electrons. The number of imidazole rings is 1. The summed E-state index contributed by atoms with van der Waals surface area (Å²) in [6.07, 6.45) is 13.5. The van der Waals surface area contributed by atoms with Crippen molar-refractivity contribution in [3.63, 3.8) is 0 Å². The zero-order valence-electron chi connectivity index (χ0n) is 28.4. The second kappa shape index (κ2) is 17.9. The highest BCUT2D eigenvalue weighted by molar-refractivity contribution is 7.52. The van der Waals surface area contributed by atoms with Crippen LogP contribution in [0.5, 0.6) is 5.75 Å². The Hall–Kier alpha value is -3.60. The van der Waals surface area contributed by atoms with Gasteiger partial charge in [-0.05, 0) is 44.7 Å². The van der Waals surface area contributed by atoms with Crippen LogP contribution >= 0.6 is 7.75 Å². The number of terminal acetylenes is 1. The number of benzene rings is 1. The molecule has 2 aromatic heterocycles. The van der Waals surface area contributed by atoms with Crippen LogP contribution in [-0.2, 0) is 23.4 Å². The van der Waals surface area contributed by atoms with Gasteiger partial charge in [0.25, 0.3) is 0 Å². The van der Waals surface area contributed by atoms with Crippen LogP contribution < -0.4 is 15.3 Å². The van der Waals surface area contributed by atoms with Gasteiger partial charge in [-0.15, -0.1) is 6.42 Å². The first-order chi connectivity index (χ1) is 23.5. The fourth-order valence-electron chi connectivity index (χ4n) is 5.65. The number of carbonyl (C=O) groups excluding carboxylic acids is 1. The monoisotopic (exact) mass is 702 g/mol. The Morgan fingerprint density at radius 1 is 1.18 bits per heavy atom. The summed E-state index contributed by atoms with van der Waals surface area (Å²) in [5.74, 6) is 1.87. The van der Waals surface area contributed by atoms with E-state index in [1.165, 1.54) is 17.8 Å². The van der Waals surface area contributed by atoms with Crippen LogP contribution in [0.1, 0.15) is 97.6 Å². The predicted molar refractivity (Wildman–Crippen MR) is 183 cm³/mol. The maximum atomic E-state index is 14.3. The van der Waals surface area contributed by atoms with Crippen molar-refractivity contribution >= 4 is 30.7 Å². The minimum atomic E-state index is -4.37. The molecule has 1 aliphatic heterocycles. The minimum absolute atomic E-state index is 0.0389. The van der Waals surface area contributed by atoms with Crippen LogP contribution in [0.2, 0.25) is 0 Å². The number of anilines is 1. The van der Waals surface area contributed by atoms with E-state index < -0.39 is 50.4 Å². The van der Waals surface area contributed by atoms with E-state index >= 15 is 0 Å². The van der Waals surface area contributed by atoms with Gasteiger partial charge in [-0.25, -0.2) is 9.55 Å². The standard InChI is InChI=1S/C34H48FN6O7P/c1-5-8-10-13-17-25(18-14-11-9-6-2)46-32(43)24(4)40-49(44,48-26-19-15-12-16-20-26)45-22-34(7-3)27(42)21-28(47-34)41-23-37-29-30(36)38-33(35)39-31(29)41/h3,12,15-16,19-20,23-25,27-28,42H,5-6,8-11,13-14,17-18,21-22H2,1-2,4H3,(H,40,44)(H2,36,38,39)/t24-,27-,28+,34+,49?/m0/s1. The molecular weight excluding hydrogens is 654 g/mol. The summed E-state index contributed by atoms with van der Waals surface area (Å²) in [5, 5.41) is 13.8. The van der Waals surface area contributed by atoms with Gasteiger partial charge in [-0.2, -0.15) is 19.4 Å². The van der Waals surface area contributed by atoms with Crippen LogP contribution in [0, 0.1) is 18.4 Å². The van der Waals surface area contributed by atoms with Crippen molar-refractivity contribution in [2.75, 3.05) is 12.3 Å². The normalized spacial score (nSPS) is 21.0. The van der Waals surface area contributed by atoms with Gasteiger partial charge in [0.05, 0.1) is 6.33 Å². The van der Waals surface area contributed by atoms with E-state index in [9.17, 15) is 18.9 Å². The van der Waals surface area contributed by atoms with Crippen molar-refractivity contribution < 1.29 is 37.4 Å². The number of para-hydroxylation sites is 1. The molecule has 0 amide bonds. The van der Waals surface area contributed by atoms with Gasteiger partial charge in [-0.1, -0.05) is 76.5 Å². The summed E-state index contributed by atoms with van der Waals surface area (Å²) in [7, 11) is -4.37. The second-order valence-corrected chi connectivity index (χ2v) is 14.0. The highest BCUT2D eigenvalue weighted by atomic mass is 31.2. The summed E-state index contributed by atoms with van der Waals surface area (Å²) in [5.41, 5.74) is 4.16. The molecule has 4 N–H and O–H groups in total. The first kappa shape index (κ1) is 38.2. The summed E-state index contributed by atoms with van der Waals surface area (Å²) in [4.78, 5) is 24.7. The average Bonchev–Trinajstić information content (AvgIpc) is 3.65. The molecule has 1 unspecified atom stereocenters. The number of nitrogens with one attached hydrogen (secondary N) is 1. The number of aromatic nitrogens is 4. The molecule has 0 bridgehead atoms. The van der Waals surface area contributed by atoms with Gasteiger partial charge >= 0.3 is 19.8 Å². The lowest BCUT2D eigenvalue weighted by Crippen LogP contribution is -2.44. The molecule has 0 aliphatic carbocycles. The van der Waals surface area contributed by atoms with Crippen molar-refractivity contribution in [2.45, 2.75) is 121 Å². The van der Waals surface area contributed by atoms with Crippen LogP contribution in [0.3, 0.4) is 0 Å². The lowest BCUT2D eigenvalue weighted by atomic mass is 9.99. The molecule has 3 heterocycles. The predicted octanol–water partition coefficient (Wildman–Crippen LogP) is 6.23.